The Morgan fingerprint density at radius 3 is 2.53 bits per heavy atom. The van der Waals surface area contributed by atoms with Crippen LogP contribution in [0.25, 0.3) is 0 Å². The van der Waals surface area contributed by atoms with Crippen LogP contribution in [0, 0.1) is 0 Å². The summed E-state index contributed by atoms with van der Waals surface area (Å²) < 4.78 is 0. The van der Waals surface area contributed by atoms with Gasteiger partial charge in [-0.3, -0.25) is 0 Å². The number of hydrogen-bond acceptors (Lipinski definition) is 3. The zero-order valence-electron chi connectivity index (χ0n) is 12.3. The van der Waals surface area contributed by atoms with Crippen LogP contribution in [0.4, 0.5) is 0 Å². The van der Waals surface area contributed by atoms with Crippen LogP contribution in [0.3, 0.4) is 0 Å². The van der Waals surface area contributed by atoms with Gasteiger partial charge in [-0.05, 0) is 52.0 Å². The summed E-state index contributed by atoms with van der Waals surface area (Å²) in [6.07, 6.45) is 3.51. The predicted octanol–water partition coefficient (Wildman–Crippen LogP) is 1.58. The fraction of sp³-hybridized carbons (Fsp3) is 0.625. The molecular formula is C16H27N3. The molecule has 3 heteroatoms. The number of likely N-dealkylation sites (tertiary alicyclic amines) is 1. The molecular weight excluding hydrogens is 234 g/mol. The van der Waals surface area contributed by atoms with E-state index in [-0.39, 0.29) is 6.04 Å². The van der Waals surface area contributed by atoms with Crippen molar-refractivity contribution in [3.63, 3.8) is 0 Å². The third kappa shape index (κ3) is 4.60. The molecule has 19 heavy (non-hydrogen) atoms. The van der Waals surface area contributed by atoms with Gasteiger partial charge in [0.15, 0.2) is 0 Å². The molecule has 1 aliphatic rings. The summed E-state index contributed by atoms with van der Waals surface area (Å²) in [7, 11) is 4.43. The largest absolute Gasteiger partial charge is 0.326 e. The van der Waals surface area contributed by atoms with Crippen LogP contribution < -0.4 is 5.73 Å². The average Bonchev–Trinajstić information content (AvgIpc) is 2.40. The van der Waals surface area contributed by atoms with Crippen molar-refractivity contribution < 1.29 is 0 Å². The highest BCUT2D eigenvalue weighted by Gasteiger charge is 2.21. The third-order valence-electron chi connectivity index (χ3n) is 4.17. The smallest absolute Gasteiger partial charge is 0.0208 e. The molecule has 0 radical (unpaired) electrons. The molecule has 1 aliphatic heterocycles. The molecule has 0 aliphatic carbocycles. The first kappa shape index (κ1) is 14.5. The average molecular weight is 261 g/mol. The monoisotopic (exact) mass is 261 g/mol. The highest BCUT2D eigenvalue weighted by molar-refractivity contribution is 5.15. The summed E-state index contributed by atoms with van der Waals surface area (Å²) in [5.74, 6) is 0. The normalized spacial score (nSPS) is 19.8. The Labute approximate surface area is 117 Å². The third-order valence-corrected chi connectivity index (χ3v) is 4.17. The van der Waals surface area contributed by atoms with E-state index in [1.54, 1.807) is 0 Å². The van der Waals surface area contributed by atoms with E-state index in [2.05, 4.69) is 54.2 Å². The number of hydrogen-bond donors (Lipinski definition) is 1. The Hall–Kier alpha value is -0.900. The van der Waals surface area contributed by atoms with Gasteiger partial charge in [-0.25, -0.2) is 0 Å². The van der Waals surface area contributed by atoms with Crippen molar-refractivity contribution in [2.24, 2.45) is 5.73 Å². The summed E-state index contributed by atoms with van der Waals surface area (Å²) >= 11 is 0. The molecule has 2 N–H and O–H groups in total. The van der Waals surface area contributed by atoms with Crippen molar-refractivity contribution in [2.75, 3.05) is 33.7 Å². The minimum atomic E-state index is 0.229. The molecule has 1 atom stereocenters. The van der Waals surface area contributed by atoms with E-state index in [4.69, 9.17) is 5.73 Å². The van der Waals surface area contributed by atoms with E-state index in [0.717, 1.165) is 13.0 Å². The number of benzene rings is 1. The predicted molar refractivity (Wildman–Crippen MR) is 81.3 cm³/mol. The molecule has 1 fully saturated rings. The highest BCUT2D eigenvalue weighted by atomic mass is 15.2. The van der Waals surface area contributed by atoms with Crippen molar-refractivity contribution >= 4 is 0 Å². The summed E-state index contributed by atoms with van der Waals surface area (Å²) in [6, 6.07) is 11.5. The van der Waals surface area contributed by atoms with Crippen molar-refractivity contribution in [1.29, 1.82) is 0 Å². The molecule has 1 saturated heterocycles. The SMILES string of the molecule is CN1CCC(N(C)CC(N)Cc2ccccc2)CC1. The van der Waals surface area contributed by atoms with Crippen molar-refractivity contribution in [1.82, 2.24) is 9.80 Å². The first-order chi connectivity index (χ1) is 9.15. The second kappa shape index (κ2) is 7.04. The standard InChI is InChI=1S/C16H27N3/c1-18-10-8-16(9-11-18)19(2)13-15(17)12-14-6-4-3-5-7-14/h3-7,15-16H,8-13,17H2,1-2H3. The van der Waals surface area contributed by atoms with Gasteiger partial charge in [-0.15, -0.1) is 0 Å². The lowest BCUT2D eigenvalue weighted by atomic mass is 10.0. The first-order valence-corrected chi connectivity index (χ1v) is 7.33. The van der Waals surface area contributed by atoms with Crippen LogP contribution in [0.5, 0.6) is 0 Å². The molecule has 0 aromatic heterocycles. The van der Waals surface area contributed by atoms with Crippen LogP contribution in [-0.2, 0) is 6.42 Å². The zero-order valence-corrected chi connectivity index (χ0v) is 12.3. The maximum Gasteiger partial charge on any atom is 0.0208 e. The molecule has 0 saturated carbocycles. The molecule has 0 amide bonds. The molecule has 3 nitrogen and oxygen atoms in total. The van der Waals surface area contributed by atoms with Crippen molar-refractivity contribution in [3.05, 3.63) is 35.9 Å². The van der Waals surface area contributed by atoms with Gasteiger partial charge in [0.1, 0.15) is 0 Å². The molecule has 1 aromatic carbocycles. The van der Waals surface area contributed by atoms with Gasteiger partial charge in [-0.1, -0.05) is 30.3 Å². The molecule has 0 spiro atoms. The van der Waals surface area contributed by atoms with Gasteiger partial charge >= 0.3 is 0 Å². The Balaban J connectivity index is 1.77. The number of nitrogens with two attached hydrogens (primary N) is 1. The number of likely N-dealkylation sites (N-methyl/N-ethyl adjacent to an activating group) is 1. The van der Waals surface area contributed by atoms with E-state index >= 15 is 0 Å². The summed E-state index contributed by atoms with van der Waals surface area (Å²) in [5, 5.41) is 0. The van der Waals surface area contributed by atoms with Crippen molar-refractivity contribution in [3.8, 4) is 0 Å². The summed E-state index contributed by atoms with van der Waals surface area (Å²) in [6.45, 7) is 3.41. The van der Waals surface area contributed by atoms with Crippen LogP contribution in [-0.4, -0.2) is 55.6 Å². The molecule has 0 bridgehead atoms. The molecule has 1 unspecified atom stereocenters. The quantitative estimate of drug-likeness (QED) is 0.873. The second-order valence-electron chi connectivity index (χ2n) is 5.92. The zero-order chi connectivity index (χ0) is 13.7. The lowest BCUT2D eigenvalue weighted by molar-refractivity contribution is 0.139. The van der Waals surface area contributed by atoms with Gasteiger partial charge in [0.2, 0.25) is 0 Å². The highest BCUT2D eigenvalue weighted by Crippen LogP contribution is 2.14. The fourth-order valence-corrected chi connectivity index (χ4v) is 2.94. The first-order valence-electron chi connectivity index (χ1n) is 7.33. The number of nitrogens with zero attached hydrogens (tertiary/aromatic N) is 2. The van der Waals surface area contributed by atoms with E-state index < -0.39 is 0 Å². The lowest BCUT2D eigenvalue weighted by Gasteiger charge is -2.36. The van der Waals surface area contributed by atoms with E-state index in [1.807, 2.05) is 0 Å². The van der Waals surface area contributed by atoms with Gasteiger partial charge in [0.05, 0.1) is 0 Å². The van der Waals surface area contributed by atoms with Crippen molar-refractivity contribution in [2.45, 2.75) is 31.3 Å². The summed E-state index contributed by atoms with van der Waals surface area (Å²) in [5.41, 5.74) is 7.63. The molecule has 106 valence electrons. The van der Waals surface area contributed by atoms with Crippen LogP contribution >= 0.6 is 0 Å². The van der Waals surface area contributed by atoms with Gasteiger partial charge in [0, 0.05) is 18.6 Å². The second-order valence-corrected chi connectivity index (χ2v) is 5.92. The van der Waals surface area contributed by atoms with E-state index in [9.17, 15) is 0 Å². The topological polar surface area (TPSA) is 32.5 Å². The van der Waals surface area contributed by atoms with E-state index in [0.29, 0.717) is 6.04 Å². The lowest BCUT2D eigenvalue weighted by Crippen LogP contribution is -2.46. The minimum Gasteiger partial charge on any atom is -0.326 e. The minimum absolute atomic E-state index is 0.229. The number of rotatable bonds is 5. The van der Waals surface area contributed by atoms with Gasteiger partial charge < -0.3 is 15.5 Å². The van der Waals surface area contributed by atoms with Crippen LogP contribution in [0.15, 0.2) is 30.3 Å². The Kier molecular flexibility index (Phi) is 5.37. The summed E-state index contributed by atoms with van der Waals surface area (Å²) in [4.78, 5) is 4.87. The molecule has 1 aromatic rings. The maximum absolute atomic E-state index is 6.29. The molecule has 2 rings (SSSR count). The number of piperidine rings is 1. The Bertz CT molecular complexity index is 358. The Morgan fingerprint density at radius 2 is 1.89 bits per heavy atom. The molecule has 1 heterocycles. The van der Waals surface area contributed by atoms with Crippen LogP contribution in [0.2, 0.25) is 0 Å². The van der Waals surface area contributed by atoms with E-state index in [1.165, 1.54) is 31.5 Å². The van der Waals surface area contributed by atoms with Gasteiger partial charge in [0.25, 0.3) is 0 Å². The van der Waals surface area contributed by atoms with Gasteiger partial charge in [-0.2, -0.15) is 0 Å². The van der Waals surface area contributed by atoms with Crippen LogP contribution in [0.1, 0.15) is 18.4 Å². The fourth-order valence-electron chi connectivity index (χ4n) is 2.94. The maximum atomic E-state index is 6.29. The Morgan fingerprint density at radius 1 is 1.26 bits per heavy atom.